The Hall–Kier alpha value is -1.91. The summed E-state index contributed by atoms with van der Waals surface area (Å²) in [6.45, 7) is 4.44. The molecule has 5 nitrogen and oxygen atoms in total. The maximum absolute atomic E-state index is 11.5. The van der Waals surface area contributed by atoms with Gasteiger partial charge in [-0.05, 0) is 38.3 Å². The molecule has 0 aliphatic carbocycles. The molecule has 2 rings (SSSR count). The Kier molecular flexibility index (Phi) is 4.94. The van der Waals surface area contributed by atoms with Gasteiger partial charge in [-0.1, -0.05) is 19.8 Å². The van der Waals surface area contributed by atoms with E-state index in [-0.39, 0.29) is 17.0 Å². The molecule has 0 aromatic heterocycles. The summed E-state index contributed by atoms with van der Waals surface area (Å²) in [5.74, 6) is -0.267. The number of nitrogens with zero attached hydrogens (tertiary/aromatic N) is 2. The molecule has 1 aromatic carbocycles. The van der Waals surface area contributed by atoms with Gasteiger partial charge in [-0.25, -0.2) is 0 Å². The third-order valence-electron chi connectivity index (χ3n) is 4.24. The van der Waals surface area contributed by atoms with E-state index in [0.717, 1.165) is 31.5 Å². The maximum atomic E-state index is 11.5. The Morgan fingerprint density at radius 1 is 1.38 bits per heavy atom. The van der Waals surface area contributed by atoms with Crippen LogP contribution in [0.3, 0.4) is 0 Å². The molecule has 21 heavy (non-hydrogen) atoms. The number of nitro groups is 1. The summed E-state index contributed by atoms with van der Waals surface area (Å²) < 4.78 is 0. The van der Waals surface area contributed by atoms with Gasteiger partial charge in [0.05, 0.1) is 10.5 Å². The number of ketones is 1. The zero-order valence-corrected chi connectivity index (χ0v) is 12.7. The van der Waals surface area contributed by atoms with Crippen molar-refractivity contribution in [3.63, 3.8) is 0 Å². The zero-order valence-electron chi connectivity index (χ0n) is 12.7. The molecule has 1 aliphatic heterocycles. The molecule has 1 unspecified atom stereocenters. The Balaban J connectivity index is 2.40. The van der Waals surface area contributed by atoms with Gasteiger partial charge in [0.15, 0.2) is 5.78 Å². The highest BCUT2D eigenvalue weighted by molar-refractivity contribution is 5.98. The minimum Gasteiger partial charge on any atom is -0.368 e. The van der Waals surface area contributed by atoms with Crippen molar-refractivity contribution < 1.29 is 9.72 Å². The number of anilines is 1. The summed E-state index contributed by atoms with van der Waals surface area (Å²) in [7, 11) is 0. The zero-order chi connectivity index (χ0) is 15.4. The van der Waals surface area contributed by atoms with Crippen molar-refractivity contribution in [2.75, 3.05) is 11.4 Å². The number of hydrogen-bond acceptors (Lipinski definition) is 4. The highest BCUT2D eigenvalue weighted by Gasteiger charge is 2.24. The molecular weight excluding hydrogens is 268 g/mol. The van der Waals surface area contributed by atoms with E-state index in [1.54, 1.807) is 12.1 Å². The smallest absolute Gasteiger partial charge is 0.282 e. The van der Waals surface area contributed by atoms with Crippen molar-refractivity contribution in [1.82, 2.24) is 0 Å². The SMILES string of the molecule is CCC1CCCCCN1c1ccc(C(C)=O)c([N+](=O)[O-])c1. The fourth-order valence-electron chi connectivity index (χ4n) is 3.09. The number of rotatable bonds is 4. The number of carbonyl (C=O) groups is 1. The van der Waals surface area contributed by atoms with Crippen LogP contribution in [-0.2, 0) is 0 Å². The summed E-state index contributed by atoms with van der Waals surface area (Å²) in [6, 6.07) is 5.42. The first kappa shape index (κ1) is 15.5. The van der Waals surface area contributed by atoms with Crippen molar-refractivity contribution >= 4 is 17.2 Å². The van der Waals surface area contributed by atoms with Gasteiger partial charge in [0.2, 0.25) is 0 Å². The van der Waals surface area contributed by atoms with Gasteiger partial charge in [-0.2, -0.15) is 0 Å². The predicted molar refractivity (Wildman–Crippen MR) is 83.0 cm³/mol. The lowest BCUT2D eigenvalue weighted by Crippen LogP contribution is -2.34. The molecule has 0 spiro atoms. The van der Waals surface area contributed by atoms with Crippen LogP contribution in [0.5, 0.6) is 0 Å². The first-order valence-corrected chi connectivity index (χ1v) is 7.60. The second kappa shape index (κ2) is 6.70. The van der Waals surface area contributed by atoms with Crippen molar-refractivity contribution in [3.8, 4) is 0 Å². The molecule has 1 heterocycles. The van der Waals surface area contributed by atoms with E-state index in [2.05, 4.69) is 11.8 Å². The quantitative estimate of drug-likeness (QED) is 0.478. The van der Waals surface area contributed by atoms with Crippen molar-refractivity contribution in [1.29, 1.82) is 0 Å². The van der Waals surface area contributed by atoms with Crippen LogP contribution in [0.25, 0.3) is 0 Å². The largest absolute Gasteiger partial charge is 0.368 e. The van der Waals surface area contributed by atoms with Crippen LogP contribution in [0, 0.1) is 10.1 Å². The lowest BCUT2D eigenvalue weighted by Gasteiger charge is -2.31. The highest BCUT2D eigenvalue weighted by atomic mass is 16.6. The summed E-state index contributed by atoms with van der Waals surface area (Å²) in [4.78, 5) is 24.5. The molecule has 0 saturated carbocycles. The highest BCUT2D eigenvalue weighted by Crippen LogP contribution is 2.30. The average Bonchev–Trinajstić information content (AvgIpc) is 2.71. The van der Waals surface area contributed by atoms with Crippen LogP contribution in [-0.4, -0.2) is 23.3 Å². The summed E-state index contributed by atoms with van der Waals surface area (Å²) in [5, 5.41) is 11.2. The number of benzene rings is 1. The Labute approximate surface area is 125 Å². The van der Waals surface area contributed by atoms with Gasteiger partial charge in [0.25, 0.3) is 5.69 Å². The second-order valence-electron chi connectivity index (χ2n) is 5.62. The number of carbonyl (C=O) groups excluding carboxylic acids is 1. The first-order chi connectivity index (χ1) is 10.0. The van der Waals surface area contributed by atoms with Crippen LogP contribution in [0.1, 0.15) is 56.3 Å². The predicted octanol–water partition coefficient (Wildman–Crippen LogP) is 3.96. The molecule has 0 amide bonds. The van der Waals surface area contributed by atoms with Gasteiger partial charge in [-0.15, -0.1) is 0 Å². The van der Waals surface area contributed by atoms with E-state index in [4.69, 9.17) is 0 Å². The fourth-order valence-corrected chi connectivity index (χ4v) is 3.09. The van der Waals surface area contributed by atoms with Crippen LogP contribution in [0.2, 0.25) is 0 Å². The van der Waals surface area contributed by atoms with Crippen LogP contribution >= 0.6 is 0 Å². The van der Waals surface area contributed by atoms with Gasteiger partial charge in [0, 0.05) is 24.3 Å². The molecule has 0 N–H and O–H groups in total. The fraction of sp³-hybridized carbons (Fsp3) is 0.562. The van der Waals surface area contributed by atoms with Crippen molar-refractivity contribution in [3.05, 3.63) is 33.9 Å². The first-order valence-electron chi connectivity index (χ1n) is 7.60. The monoisotopic (exact) mass is 290 g/mol. The van der Waals surface area contributed by atoms with E-state index < -0.39 is 4.92 Å². The van der Waals surface area contributed by atoms with E-state index >= 15 is 0 Å². The van der Waals surface area contributed by atoms with E-state index in [0.29, 0.717) is 6.04 Å². The van der Waals surface area contributed by atoms with E-state index in [9.17, 15) is 14.9 Å². The van der Waals surface area contributed by atoms with Gasteiger partial charge >= 0.3 is 0 Å². The molecule has 1 saturated heterocycles. The van der Waals surface area contributed by atoms with Crippen molar-refractivity contribution in [2.45, 2.75) is 52.0 Å². The van der Waals surface area contributed by atoms with Crippen molar-refractivity contribution in [2.24, 2.45) is 0 Å². The third kappa shape index (κ3) is 3.40. The topological polar surface area (TPSA) is 63.5 Å². The minimum atomic E-state index is -0.459. The number of hydrogen-bond donors (Lipinski definition) is 0. The van der Waals surface area contributed by atoms with Gasteiger partial charge in [0.1, 0.15) is 0 Å². The average molecular weight is 290 g/mol. The number of Topliss-reactive ketones (excluding diaryl/α,β-unsaturated/α-hetero) is 1. The molecule has 0 bridgehead atoms. The minimum absolute atomic E-state index is 0.0842. The molecule has 0 radical (unpaired) electrons. The van der Waals surface area contributed by atoms with Gasteiger partial charge in [-0.3, -0.25) is 14.9 Å². The lowest BCUT2D eigenvalue weighted by atomic mass is 10.0. The molecule has 1 aromatic rings. The van der Waals surface area contributed by atoms with Crippen LogP contribution in [0.15, 0.2) is 18.2 Å². The third-order valence-corrected chi connectivity index (χ3v) is 4.24. The number of nitro benzene ring substituents is 1. The molecule has 114 valence electrons. The van der Waals surface area contributed by atoms with Crippen LogP contribution < -0.4 is 4.90 Å². The molecule has 5 heteroatoms. The standard InChI is InChI=1S/C16H22N2O3/c1-3-13-7-5-4-6-10-17(13)14-8-9-15(12(2)19)16(11-14)18(20)21/h8-9,11,13H,3-7,10H2,1-2H3. The van der Waals surface area contributed by atoms with Crippen LogP contribution in [0.4, 0.5) is 11.4 Å². The molecule has 1 aliphatic rings. The summed E-state index contributed by atoms with van der Waals surface area (Å²) >= 11 is 0. The Morgan fingerprint density at radius 2 is 2.14 bits per heavy atom. The summed E-state index contributed by atoms with van der Waals surface area (Å²) in [6.07, 6.45) is 5.68. The lowest BCUT2D eigenvalue weighted by molar-refractivity contribution is -0.385. The Morgan fingerprint density at radius 3 is 2.76 bits per heavy atom. The normalized spacial score (nSPS) is 19.1. The molecule has 1 atom stereocenters. The second-order valence-corrected chi connectivity index (χ2v) is 5.62. The maximum Gasteiger partial charge on any atom is 0.282 e. The van der Waals surface area contributed by atoms with E-state index in [1.165, 1.54) is 19.8 Å². The summed E-state index contributed by atoms with van der Waals surface area (Å²) in [5.41, 5.74) is 0.964. The van der Waals surface area contributed by atoms with Gasteiger partial charge < -0.3 is 4.90 Å². The van der Waals surface area contributed by atoms with E-state index in [1.807, 2.05) is 6.07 Å². The molecular formula is C16H22N2O3. The Bertz CT molecular complexity index is 542. The molecule has 1 fully saturated rings.